The molecule has 1 aliphatic heterocycles. The van der Waals surface area contributed by atoms with Crippen LogP contribution < -0.4 is 4.90 Å². The maximum atomic E-state index is 13.2. The molecule has 0 saturated carbocycles. The number of nitrogens with zero attached hydrogens (tertiary/aromatic N) is 2. The van der Waals surface area contributed by atoms with E-state index in [4.69, 9.17) is 16.3 Å². The Labute approximate surface area is 134 Å². The van der Waals surface area contributed by atoms with Crippen LogP contribution in [-0.2, 0) is 9.53 Å². The molecular weight excluding hydrogens is 311 g/mol. The summed E-state index contributed by atoms with van der Waals surface area (Å²) in [6.07, 6.45) is 0.00133. The Morgan fingerprint density at radius 3 is 2.95 bits per heavy atom. The van der Waals surface area contributed by atoms with Gasteiger partial charge in [-0.05, 0) is 31.7 Å². The molecule has 1 amide bonds. The molecule has 0 spiro atoms. The van der Waals surface area contributed by atoms with E-state index in [1.807, 2.05) is 4.90 Å². The number of carbonyl (C=O) groups excluding carboxylic acids is 1. The summed E-state index contributed by atoms with van der Waals surface area (Å²) in [5.41, 5.74) is 0.588. The smallest absolute Gasteiger partial charge is 0.244 e. The van der Waals surface area contributed by atoms with Gasteiger partial charge in [0, 0.05) is 25.9 Å². The monoisotopic (exact) mass is 330 g/mol. The highest BCUT2D eigenvalue weighted by Gasteiger charge is 2.35. The zero-order valence-electron chi connectivity index (χ0n) is 12.6. The highest BCUT2D eigenvalue weighted by atomic mass is 35.5. The molecule has 2 unspecified atom stereocenters. The summed E-state index contributed by atoms with van der Waals surface area (Å²) in [6, 6.07) is 3.94. The number of rotatable bonds is 6. The van der Waals surface area contributed by atoms with Gasteiger partial charge in [0.2, 0.25) is 5.91 Å². The quantitative estimate of drug-likeness (QED) is 0.859. The number of ether oxygens (including phenoxy) is 1. The third-order valence-corrected chi connectivity index (χ3v) is 4.07. The topological polar surface area (TPSA) is 53.0 Å². The minimum atomic E-state index is -0.642. The number of likely N-dealkylation sites (N-methyl/N-ethyl adjacent to an activating group) is 1. The Bertz CT molecular complexity index is 544. The maximum absolute atomic E-state index is 13.2. The van der Waals surface area contributed by atoms with Crippen LogP contribution in [0.2, 0.25) is 5.02 Å². The van der Waals surface area contributed by atoms with Crippen molar-refractivity contribution in [2.75, 3.05) is 38.8 Å². The predicted octanol–water partition coefficient (Wildman–Crippen LogP) is 1.52. The van der Waals surface area contributed by atoms with Gasteiger partial charge in [-0.2, -0.15) is 0 Å². The Kier molecular flexibility index (Phi) is 5.74. The standard InChI is InChI=1S/C15H20ClFN2O3/c1-18(8-11(20)9-22-2)14-5-6-19(15(14)21)10-3-4-13(17)12(16)7-10/h3-4,7,11,14,20H,5-6,8-9H2,1-2H3. The number of aliphatic hydroxyl groups excluding tert-OH is 1. The van der Waals surface area contributed by atoms with Crippen molar-refractivity contribution in [2.45, 2.75) is 18.6 Å². The molecule has 1 saturated heterocycles. The zero-order chi connectivity index (χ0) is 16.3. The lowest BCUT2D eigenvalue weighted by molar-refractivity contribution is -0.121. The first-order valence-corrected chi connectivity index (χ1v) is 7.45. The van der Waals surface area contributed by atoms with Gasteiger partial charge in [0.25, 0.3) is 0 Å². The van der Waals surface area contributed by atoms with E-state index < -0.39 is 11.9 Å². The highest BCUT2D eigenvalue weighted by Crippen LogP contribution is 2.27. The molecule has 1 aromatic carbocycles. The molecule has 0 aromatic heterocycles. The van der Waals surface area contributed by atoms with E-state index in [1.165, 1.54) is 19.2 Å². The minimum absolute atomic E-state index is 0.00220. The van der Waals surface area contributed by atoms with E-state index in [0.717, 1.165) is 0 Å². The summed E-state index contributed by atoms with van der Waals surface area (Å²) in [7, 11) is 3.31. The number of halogens is 2. The van der Waals surface area contributed by atoms with Crippen LogP contribution in [0, 0.1) is 5.82 Å². The van der Waals surface area contributed by atoms with E-state index in [-0.39, 0.29) is 23.6 Å². The number of hydrogen-bond donors (Lipinski definition) is 1. The van der Waals surface area contributed by atoms with Crippen molar-refractivity contribution in [3.63, 3.8) is 0 Å². The molecule has 0 bridgehead atoms. The number of amides is 1. The Morgan fingerprint density at radius 1 is 1.59 bits per heavy atom. The molecule has 0 aliphatic carbocycles. The van der Waals surface area contributed by atoms with Gasteiger partial charge in [-0.15, -0.1) is 0 Å². The van der Waals surface area contributed by atoms with Gasteiger partial charge in [0.1, 0.15) is 5.82 Å². The number of carbonyl (C=O) groups is 1. The van der Waals surface area contributed by atoms with Crippen molar-refractivity contribution in [2.24, 2.45) is 0 Å². The first-order chi connectivity index (χ1) is 10.4. The fourth-order valence-electron chi connectivity index (χ4n) is 2.69. The van der Waals surface area contributed by atoms with Gasteiger partial charge >= 0.3 is 0 Å². The lowest BCUT2D eigenvalue weighted by Gasteiger charge is -2.25. The summed E-state index contributed by atoms with van der Waals surface area (Å²) >= 11 is 5.77. The average Bonchev–Trinajstić information content (AvgIpc) is 2.84. The molecule has 1 aliphatic rings. The fraction of sp³-hybridized carbons (Fsp3) is 0.533. The van der Waals surface area contributed by atoms with E-state index in [2.05, 4.69) is 0 Å². The van der Waals surface area contributed by atoms with E-state index in [9.17, 15) is 14.3 Å². The van der Waals surface area contributed by atoms with Crippen LogP contribution in [0.3, 0.4) is 0 Å². The maximum Gasteiger partial charge on any atom is 0.244 e. The van der Waals surface area contributed by atoms with Crippen LogP contribution in [-0.4, -0.2) is 61.9 Å². The van der Waals surface area contributed by atoms with Crippen LogP contribution in [0.4, 0.5) is 10.1 Å². The van der Waals surface area contributed by atoms with E-state index in [1.54, 1.807) is 18.0 Å². The lowest BCUT2D eigenvalue weighted by atomic mass is 10.2. The highest BCUT2D eigenvalue weighted by molar-refractivity contribution is 6.31. The molecular formula is C15H20ClFN2O3. The van der Waals surface area contributed by atoms with Gasteiger partial charge in [0.15, 0.2) is 0 Å². The summed E-state index contributed by atoms with van der Waals surface area (Å²) in [5, 5.41) is 9.76. The molecule has 1 heterocycles. The first-order valence-electron chi connectivity index (χ1n) is 7.07. The molecule has 5 nitrogen and oxygen atoms in total. The van der Waals surface area contributed by atoms with Crippen LogP contribution in [0.15, 0.2) is 18.2 Å². The first kappa shape index (κ1) is 17.1. The van der Waals surface area contributed by atoms with E-state index >= 15 is 0 Å². The van der Waals surface area contributed by atoms with Crippen molar-refractivity contribution >= 4 is 23.2 Å². The Balaban J connectivity index is 2.04. The lowest BCUT2D eigenvalue weighted by Crippen LogP contribution is -2.43. The second kappa shape index (κ2) is 7.37. The third-order valence-electron chi connectivity index (χ3n) is 3.78. The number of methoxy groups -OCH3 is 1. The second-order valence-corrected chi connectivity index (χ2v) is 5.85. The van der Waals surface area contributed by atoms with Crippen molar-refractivity contribution in [3.05, 3.63) is 29.0 Å². The van der Waals surface area contributed by atoms with Gasteiger partial charge in [0.05, 0.1) is 23.8 Å². The number of hydrogen-bond acceptors (Lipinski definition) is 4. The largest absolute Gasteiger partial charge is 0.389 e. The summed E-state index contributed by atoms with van der Waals surface area (Å²) < 4.78 is 18.1. The zero-order valence-corrected chi connectivity index (χ0v) is 13.4. The SMILES string of the molecule is COCC(O)CN(C)C1CCN(c2ccc(F)c(Cl)c2)C1=O. The van der Waals surface area contributed by atoms with Crippen LogP contribution in [0.5, 0.6) is 0 Å². The molecule has 2 rings (SSSR count). The van der Waals surface area contributed by atoms with Crippen molar-refractivity contribution in [3.8, 4) is 0 Å². The Hall–Kier alpha value is -1.21. The number of benzene rings is 1. The van der Waals surface area contributed by atoms with E-state index in [0.29, 0.717) is 25.2 Å². The molecule has 1 fully saturated rings. The molecule has 1 aromatic rings. The van der Waals surface area contributed by atoms with Gasteiger partial charge in [-0.3, -0.25) is 9.69 Å². The van der Waals surface area contributed by atoms with Gasteiger partial charge in [-0.1, -0.05) is 11.6 Å². The van der Waals surface area contributed by atoms with Gasteiger partial charge in [-0.25, -0.2) is 4.39 Å². The average molecular weight is 331 g/mol. The van der Waals surface area contributed by atoms with Crippen LogP contribution >= 0.6 is 11.6 Å². The van der Waals surface area contributed by atoms with Crippen molar-refractivity contribution in [1.29, 1.82) is 0 Å². The van der Waals surface area contributed by atoms with Gasteiger partial charge < -0.3 is 14.7 Å². The number of anilines is 1. The Morgan fingerprint density at radius 2 is 2.32 bits per heavy atom. The summed E-state index contributed by atoms with van der Waals surface area (Å²) in [6.45, 7) is 1.11. The predicted molar refractivity (Wildman–Crippen MR) is 82.7 cm³/mol. The molecule has 2 atom stereocenters. The molecule has 7 heteroatoms. The summed E-state index contributed by atoms with van der Waals surface area (Å²) in [5.74, 6) is -0.580. The van der Waals surface area contributed by atoms with Crippen molar-refractivity contribution in [1.82, 2.24) is 4.90 Å². The molecule has 122 valence electrons. The van der Waals surface area contributed by atoms with Crippen LogP contribution in [0.1, 0.15) is 6.42 Å². The fourth-order valence-corrected chi connectivity index (χ4v) is 2.86. The molecule has 22 heavy (non-hydrogen) atoms. The van der Waals surface area contributed by atoms with Crippen LogP contribution in [0.25, 0.3) is 0 Å². The number of aliphatic hydroxyl groups is 1. The second-order valence-electron chi connectivity index (χ2n) is 5.44. The minimum Gasteiger partial charge on any atom is -0.389 e. The summed E-state index contributed by atoms with van der Waals surface area (Å²) in [4.78, 5) is 15.9. The third kappa shape index (κ3) is 3.76. The molecule has 1 N–H and O–H groups in total. The normalized spacial score (nSPS) is 20.0. The molecule has 0 radical (unpaired) electrons. The van der Waals surface area contributed by atoms with Crippen molar-refractivity contribution < 1.29 is 19.0 Å².